The highest BCUT2D eigenvalue weighted by atomic mass is 35.5. The summed E-state index contributed by atoms with van der Waals surface area (Å²) in [7, 11) is 1.62. The maximum absolute atomic E-state index is 13.7. The highest BCUT2D eigenvalue weighted by Crippen LogP contribution is 2.20. The predicted octanol–water partition coefficient (Wildman–Crippen LogP) is 4.28. The third-order valence-corrected chi connectivity index (χ3v) is 3.19. The van der Waals surface area contributed by atoms with Gasteiger partial charge in [-0.3, -0.25) is 4.90 Å². The van der Waals surface area contributed by atoms with Crippen LogP contribution in [0.25, 0.3) is 0 Å². The molecule has 0 aromatic carbocycles. The first-order valence-electron chi connectivity index (χ1n) is 7.64. The van der Waals surface area contributed by atoms with Crippen LogP contribution in [0.5, 0.6) is 0 Å². The summed E-state index contributed by atoms with van der Waals surface area (Å²) in [5, 5.41) is 2.80. The molecule has 8 heteroatoms. The number of carbonyl (C=O) groups is 1. The van der Waals surface area contributed by atoms with E-state index < -0.39 is 17.5 Å². The van der Waals surface area contributed by atoms with Gasteiger partial charge < -0.3 is 10.1 Å². The molecule has 1 heterocycles. The summed E-state index contributed by atoms with van der Waals surface area (Å²) in [5.74, 6) is -0.627. The van der Waals surface area contributed by atoms with Gasteiger partial charge in [-0.2, -0.15) is 4.98 Å². The van der Waals surface area contributed by atoms with E-state index >= 15 is 0 Å². The number of ether oxygens (including phenoxy) is 1. The largest absolute Gasteiger partial charge is 0.443 e. The van der Waals surface area contributed by atoms with Crippen LogP contribution in [0, 0.1) is 5.82 Å². The number of anilines is 1. The van der Waals surface area contributed by atoms with E-state index in [2.05, 4.69) is 15.3 Å². The average molecular weight is 367 g/mol. The number of carbonyl (C=O) groups excluding carboxylic acids is 1. The zero-order valence-corrected chi connectivity index (χ0v) is 15.3. The van der Waals surface area contributed by atoms with Crippen molar-refractivity contribution in [2.45, 2.75) is 32.8 Å². The fourth-order valence-corrected chi connectivity index (χ4v) is 2.14. The van der Waals surface area contributed by atoms with Crippen molar-refractivity contribution in [2.75, 3.05) is 12.4 Å². The molecule has 0 fully saturated rings. The number of amides is 1. The van der Waals surface area contributed by atoms with Crippen molar-refractivity contribution in [3.05, 3.63) is 53.0 Å². The SMILES string of the molecule is CN(C=C1C=C(Nc2nc(Cl)ncc2F)C=CC1)C(=O)OC(C)(C)C. The van der Waals surface area contributed by atoms with Crippen LogP contribution < -0.4 is 5.32 Å². The molecule has 2 rings (SSSR count). The van der Waals surface area contributed by atoms with E-state index in [1.165, 1.54) is 4.90 Å². The highest BCUT2D eigenvalue weighted by molar-refractivity contribution is 6.28. The van der Waals surface area contributed by atoms with Gasteiger partial charge in [0.2, 0.25) is 5.28 Å². The molecule has 1 aliphatic carbocycles. The molecule has 0 atom stereocenters. The van der Waals surface area contributed by atoms with Gasteiger partial charge in [0.05, 0.1) is 6.20 Å². The maximum Gasteiger partial charge on any atom is 0.414 e. The molecule has 1 aromatic rings. The van der Waals surface area contributed by atoms with Crippen LogP contribution in [0.4, 0.5) is 15.0 Å². The van der Waals surface area contributed by atoms with E-state index in [0.717, 1.165) is 11.8 Å². The molecule has 0 aliphatic heterocycles. The van der Waals surface area contributed by atoms with Gasteiger partial charge in [0.1, 0.15) is 5.60 Å². The first-order valence-corrected chi connectivity index (χ1v) is 8.01. The lowest BCUT2D eigenvalue weighted by Crippen LogP contribution is -2.31. The van der Waals surface area contributed by atoms with Crippen LogP contribution in [0.15, 0.2) is 41.9 Å². The zero-order chi connectivity index (χ0) is 18.6. The number of allylic oxidation sites excluding steroid dienone is 4. The Bertz CT molecular complexity index is 754. The van der Waals surface area contributed by atoms with E-state index in [1.807, 2.05) is 6.08 Å². The lowest BCUT2D eigenvalue weighted by Gasteiger charge is -2.23. The van der Waals surface area contributed by atoms with Gasteiger partial charge in [-0.15, -0.1) is 0 Å². The monoisotopic (exact) mass is 366 g/mol. The van der Waals surface area contributed by atoms with Gasteiger partial charge in [-0.1, -0.05) is 6.08 Å². The summed E-state index contributed by atoms with van der Waals surface area (Å²) < 4.78 is 19.0. The van der Waals surface area contributed by atoms with Crippen molar-refractivity contribution in [3.8, 4) is 0 Å². The number of hydrogen-bond donors (Lipinski definition) is 1. The Balaban J connectivity index is 2.12. The second kappa shape index (κ2) is 7.65. The normalized spacial score (nSPS) is 15.8. The van der Waals surface area contributed by atoms with Gasteiger partial charge >= 0.3 is 6.09 Å². The Hall–Kier alpha value is -2.41. The minimum Gasteiger partial charge on any atom is -0.443 e. The Morgan fingerprint density at radius 2 is 2.20 bits per heavy atom. The lowest BCUT2D eigenvalue weighted by atomic mass is 10.1. The molecule has 1 amide bonds. The molecule has 0 bridgehead atoms. The van der Waals surface area contributed by atoms with Crippen molar-refractivity contribution < 1.29 is 13.9 Å². The molecule has 1 N–H and O–H groups in total. The first kappa shape index (κ1) is 18.9. The summed E-state index contributed by atoms with van der Waals surface area (Å²) in [6, 6.07) is 0. The summed E-state index contributed by atoms with van der Waals surface area (Å²) in [6.45, 7) is 5.41. The number of halogens is 2. The summed E-state index contributed by atoms with van der Waals surface area (Å²) >= 11 is 5.68. The fourth-order valence-electron chi connectivity index (χ4n) is 2.00. The first-order chi connectivity index (χ1) is 11.6. The Kier molecular flexibility index (Phi) is 5.79. The molecule has 0 spiro atoms. The lowest BCUT2D eigenvalue weighted by molar-refractivity contribution is 0.0371. The summed E-state index contributed by atoms with van der Waals surface area (Å²) in [6.07, 6.45) is 8.31. The molecule has 134 valence electrons. The fraction of sp³-hybridized carbons (Fsp3) is 0.353. The minimum absolute atomic E-state index is 0.0161. The van der Waals surface area contributed by atoms with E-state index in [4.69, 9.17) is 16.3 Å². The van der Waals surface area contributed by atoms with Crippen molar-refractivity contribution in [1.29, 1.82) is 0 Å². The molecular weight excluding hydrogens is 347 g/mol. The van der Waals surface area contributed by atoms with Gasteiger partial charge in [0.25, 0.3) is 0 Å². The molecular formula is C17H20ClFN4O2. The van der Waals surface area contributed by atoms with E-state index in [9.17, 15) is 9.18 Å². The van der Waals surface area contributed by atoms with Crippen LogP contribution in [0.3, 0.4) is 0 Å². The summed E-state index contributed by atoms with van der Waals surface area (Å²) in [5.41, 5.74) is 0.894. The molecule has 1 aromatic heterocycles. The quantitative estimate of drug-likeness (QED) is 0.809. The zero-order valence-electron chi connectivity index (χ0n) is 14.5. The summed E-state index contributed by atoms with van der Waals surface area (Å²) in [4.78, 5) is 20.8. The predicted molar refractivity (Wildman–Crippen MR) is 94.5 cm³/mol. The Morgan fingerprint density at radius 1 is 1.48 bits per heavy atom. The van der Waals surface area contributed by atoms with Crippen molar-refractivity contribution >= 4 is 23.5 Å². The van der Waals surface area contributed by atoms with Gasteiger partial charge in [-0.25, -0.2) is 14.2 Å². The molecule has 0 saturated heterocycles. The number of hydrogen-bond acceptors (Lipinski definition) is 5. The van der Waals surface area contributed by atoms with Crippen molar-refractivity contribution in [1.82, 2.24) is 14.9 Å². The van der Waals surface area contributed by atoms with Crippen molar-refractivity contribution in [3.63, 3.8) is 0 Å². The van der Waals surface area contributed by atoms with Gasteiger partial charge in [-0.05, 0) is 56.5 Å². The molecule has 25 heavy (non-hydrogen) atoms. The van der Waals surface area contributed by atoms with Crippen LogP contribution in [-0.2, 0) is 4.74 Å². The van der Waals surface area contributed by atoms with Crippen LogP contribution in [0.1, 0.15) is 27.2 Å². The van der Waals surface area contributed by atoms with E-state index in [1.54, 1.807) is 46.2 Å². The topological polar surface area (TPSA) is 67.3 Å². The molecule has 0 radical (unpaired) electrons. The maximum atomic E-state index is 13.7. The Morgan fingerprint density at radius 3 is 2.88 bits per heavy atom. The molecule has 0 unspecified atom stereocenters. The standard InChI is InChI=1S/C17H20ClFN4O2/c1-17(2,3)25-16(24)23(4)10-11-6-5-7-12(8-11)21-14-13(19)9-20-15(18)22-14/h5,7-10H,6H2,1-4H3,(H,20,21,22). The third kappa shape index (κ3) is 5.86. The van der Waals surface area contributed by atoms with E-state index in [0.29, 0.717) is 12.1 Å². The second-order valence-corrected chi connectivity index (χ2v) is 6.80. The Labute approximate surface area is 151 Å². The average Bonchev–Trinajstić information content (AvgIpc) is 2.49. The molecule has 1 aliphatic rings. The third-order valence-electron chi connectivity index (χ3n) is 3.01. The van der Waals surface area contributed by atoms with Crippen molar-refractivity contribution in [2.24, 2.45) is 0 Å². The number of nitrogens with one attached hydrogen (secondary N) is 1. The minimum atomic E-state index is -0.610. The number of aromatic nitrogens is 2. The van der Waals surface area contributed by atoms with Gasteiger partial charge in [0, 0.05) is 18.9 Å². The van der Waals surface area contributed by atoms with Gasteiger partial charge in [0.15, 0.2) is 11.6 Å². The highest BCUT2D eigenvalue weighted by Gasteiger charge is 2.19. The van der Waals surface area contributed by atoms with Crippen LogP contribution in [-0.4, -0.2) is 33.6 Å². The number of nitrogens with zero attached hydrogens (tertiary/aromatic N) is 3. The smallest absolute Gasteiger partial charge is 0.414 e. The second-order valence-electron chi connectivity index (χ2n) is 6.46. The van der Waals surface area contributed by atoms with Crippen LogP contribution >= 0.6 is 11.6 Å². The van der Waals surface area contributed by atoms with Crippen LogP contribution in [0.2, 0.25) is 5.28 Å². The number of rotatable bonds is 3. The van der Waals surface area contributed by atoms with E-state index in [-0.39, 0.29) is 11.1 Å². The molecule has 0 saturated carbocycles. The molecule has 6 nitrogen and oxygen atoms in total.